The summed E-state index contributed by atoms with van der Waals surface area (Å²) in [6.07, 6.45) is 0. The maximum atomic E-state index is 12.3. The van der Waals surface area contributed by atoms with E-state index < -0.39 is 6.04 Å². The van der Waals surface area contributed by atoms with Crippen LogP contribution in [0.5, 0.6) is 0 Å². The Hall–Kier alpha value is -0.950. The van der Waals surface area contributed by atoms with Crippen LogP contribution in [-0.2, 0) is 9.53 Å². The third-order valence-electron chi connectivity index (χ3n) is 2.73. The molecule has 2 heterocycles. The fourth-order valence-electron chi connectivity index (χ4n) is 1.85. The van der Waals surface area contributed by atoms with Crippen LogP contribution in [0.4, 0.5) is 0 Å². The largest absolute Gasteiger partial charge is 0.464 e. The maximum Gasteiger partial charge on any atom is 0.329 e. The number of hydrogen-bond acceptors (Lipinski definition) is 5. The molecule has 1 atom stereocenters. The van der Waals surface area contributed by atoms with Crippen molar-refractivity contribution in [1.29, 1.82) is 0 Å². The van der Waals surface area contributed by atoms with Gasteiger partial charge in [0.15, 0.2) is 10.4 Å². The summed E-state index contributed by atoms with van der Waals surface area (Å²) in [6, 6.07) is 2.72. The van der Waals surface area contributed by atoms with Gasteiger partial charge in [0.25, 0.3) is 5.91 Å². The second kappa shape index (κ2) is 6.47. The van der Waals surface area contributed by atoms with Crippen LogP contribution in [0.25, 0.3) is 0 Å². The third kappa shape index (κ3) is 3.33. The van der Waals surface area contributed by atoms with Crippen LogP contribution in [0.15, 0.2) is 21.2 Å². The van der Waals surface area contributed by atoms with Crippen molar-refractivity contribution in [2.75, 3.05) is 24.7 Å². The zero-order valence-electron chi connectivity index (χ0n) is 10.4. The Morgan fingerprint density at radius 3 is 3.00 bits per heavy atom. The van der Waals surface area contributed by atoms with Crippen molar-refractivity contribution in [2.45, 2.75) is 13.0 Å². The van der Waals surface area contributed by atoms with E-state index in [0.717, 1.165) is 5.75 Å². The predicted molar refractivity (Wildman–Crippen MR) is 75.2 cm³/mol. The first-order chi connectivity index (χ1) is 9.13. The first-order valence-corrected chi connectivity index (χ1v) is 7.89. The molecule has 0 saturated carbocycles. The Kier molecular flexibility index (Phi) is 4.93. The molecule has 0 spiro atoms. The van der Waals surface area contributed by atoms with Gasteiger partial charge in [-0.05, 0) is 35.0 Å². The molecule has 0 aliphatic carbocycles. The molecule has 5 nitrogen and oxygen atoms in total. The van der Waals surface area contributed by atoms with Crippen LogP contribution in [0.3, 0.4) is 0 Å². The lowest BCUT2D eigenvalue weighted by Crippen LogP contribution is -2.50. The molecule has 2 rings (SSSR count). The van der Waals surface area contributed by atoms with Crippen molar-refractivity contribution in [3.8, 4) is 0 Å². The fourth-order valence-corrected chi connectivity index (χ4v) is 3.19. The van der Waals surface area contributed by atoms with E-state index in [2.05, 4.69) is 15.9 Å². The second-order valence-corrected chi connectivity index (χ2v) is 5.88. The highest BCUT2D eigenvalue weighted by Gasteiger charge is 2.35. The molecular formula is C12H14BrNO4S. The molecule has 1 saturated heterocycles. The van der Waals surface area contributed by atoms with Gasteiger partial charge in [-0.15, -0.1) is 0 Å². The summed E-state index contributed by atoms with van der Waals surface area (Å²) < 4.78 is 10.8. The number of furan rings is 1. The van der Waals surface area contributed by atoms with Crippen LogP contribution in [0.1, 0.15) is 17.5 Å². The average Bonchev–Trinajstić information content (AvgIpc) is 2.85. The Morgan fingerprint density at radius 1 is 1.58 bits per heavy atom. The minimum atomic E-state index is -0.532. The molecule has 1 aliphatic rings. The molecule has 1 aromatic heterocycles. The Labute approximate surface area is 123 Å². The van der Waals surface area contributed by atoms with Gasteiger partial charge in [0, 0.05) is 18.1 Å². The lowest BCUT2D eigenvalue weighted by Gasteiger charge is -2.32. The Balaban J connectivity index is 2.15. The lowest BCUT2D eigenvalue weighted by molar-refractivity contribution is -0.147. The molecule has 0 radical (unpaired) electrons. The zero-order chi connectivity index (χ0) is 13.8. The number of esters is 1. The molecule has 1 aliphatic heterocycles. The summed E-state index contributed by atoms with van der Waals surface area (Å²) in [5, 5.41) is 0. The highest BCUT2D eigenvalue weighted by atomic mass is 79.9. The lowest BCUT2D eigenvalue weighted by atomic mass is 10.2. The van der Waals surface area contributed by atoms with E-state index in [-0.39, 0.29) is 17.6 Å². The number of carbonyl (C=O) groups excluding carboxylic acids is 2. The van der Waals surface area contributed by atoms with Crippen molar-refractivity contribution in [3.63, 3.8) is 0 Å². The molecule has 7 heteroatoms. The molecule has 1 amide bonds. The molecule has 0 bridgehead atoms. The van der Waals surface area contributed by atoms with Gasteiger partial charge in [0.2, 0.25) is 0 Å². The van der Waals surface area contributed by atoms with E-state index in [4.69, 9.17) is 9.15 Å². The normalized spacial score (nSPS) is 19.3. The van der Waals surface area contributed by atoms with Gasteiger partial charge < -0.3 is 14.1 Å². The van der Waals surface area contributed by atoms with Gasteiger partial charge in [-0.25, -0.2) is 4.79 Å². The fraction of sp³-hybridized carbons (Fsp3) is 0.500. The van der Waals surface area contributed by atoms with Crippen LogP contribution in [-0.4, -0.2) is 47.5 Å². The van der Waals surface area contributed by atoms with Crippen molar-refractivity contribution >= 4 is 39.6 Å². The van der Waals surface area contributed by atoms with Gasteiger partial charge in [-0.3, -0.25) is 4.79 Å². The second-order valence-electron chi connectivity index (χ2n) is 3.95. The molecule has 1 aromatic rings. The number of amides is 1. The Morgan fingerprint density at radius 2 is 2.37 bits per heavy atom. The van der Waals surface area contributed by atoms with Crippen LogP contribution < -0.4 is 0 Å². The van der Waals surface area contributed by atoms with E-state index >= 15 is 0 Å². The number of carbonyl (C=O) groups is 2. The SMILES string of the molecule is CCOC(=O)C1CSCCN1C(=O)c1ccc(Br)o1. The standard InChI is InChI=1S/C12H14BrNO4S/c1-2-17-12(16)8-7-19-6-5-14(8)11(15)9-3-4-10(13)18-9/h3-4,8H,2,5-7H2,1H3. The predicted octanol–water partition coefficient (Wildman–Crippen LogP) is 2.16. The van der Waals surface area contributed by atoms with Crippen molar-refractivity contribution in [3.05, 3.63) is 22.6 Å². The molecule has 19 heavy (non-hydrogen) atoms. The van der Waals surface area contributed by atoms with E-state index in [1.54, 1.807) is 30.8 Å². The van der Waals surface area contributed by atoms with E-state index in [1.165, 1.54) is 4.90 Å². The van der Waals surface area contributed by atoms with Gasteiger partial charge in [-0.2, -0.15) is 11.8 Å². The molecule has 0 aromatic carbocycles. The van der Waals surface area contributed by atoms with Crippen molar-refractivity contribution in [2.24, 2.45) is 0 Å². The maximum absolute atomic E-state index is 12.3. The first-order valence-electron chi connectivity index (χ1n) is 5.94. The molecule has 0 N–H and O–H groups in total. The van der Waals surface area contributed by atoms with Gasteiger partial charge in [0.1, 0.15) is 6.04 Å². The summed E-state index contributed by atoms with van der Waals surface area (Å²) in [4.78, 5) is 25.7. The third-order valence-corrected chi connectivity index (χ3v) is 4.18. The minimum Gasteiger partial charge on any atom is -0.464 e. The summed E-state index contributed by atoms with van der Waals surface area (Å²) in [7, 11) is 0. The summed E-state index contributed by atoms with van der Waals surface area (Å²) in [6.45, 7) is 2.59. The number of hydrogen-bond donors (Lipinski definition) is 0. The number of rotatable bonds is 3. The van der Waals surface area contributed by atoms with E-state index in [9.17, 15) is 9.59 Å². The minimum absolute atomic E-state index is 0.230. The van der Waals surface area contributed by atoms with Gasteiger partial charge in [-0.1, -0.05) is 0 Å². The highest BCUT2D eigenvalue weighted by molar-refractivity contribution is 9.10. The average molecular weight is 348 g/mol. The first kappa shape index (κ1) is 14.5. The van der Waals surface area contributed by atoms with E-state index in [0.29, 0.717) is 23.6 Å². The zero-order valence-corrected chi connectivity index (χ0v) is 12.8. The summed E-state index contributed by atoms with van der Waals surface area (Å²) in [5.41, 5.74) is 0. The van der Waals surface area contributed by atoms with Crippen LogP contribution in [0.2, 0.25) is 0 Å². The number of thioether (sulfide) groups is 1. The monoisotopic (exact) mass is 347 g/mol. The summed E-state index contributed by atoms with van der Waals surface area (Å²) in [5.74, 6) is 0.974. The van der Waals surface area contributed by atoms with E-state index in [1.807, 2.05) is 0 Å². The quantitative estimate of drug-likeness (QED) is 0.784. The number of nitrogens with zero attached hydrogens (tertiary/aromatic N) is 1. The van der Waals surface area contributed by atoms with Crippen molar-refractivity contribution in [1.82, 2.24) is 4.90 Å². The molecular weight excluding hydrogens is 334 g/mol. The highest BCUT2D eigenvalue weighted by Crippen LogP contribution is 2.22. The van der Waals surface area contributed by atoms with Crippen molar-refractivity contribution < 1.29 is 18.7 Å². The van der Waals surface area contributed by atoms with Gasteiger partial charge >= 0.3 is 5.97 Å². The summed E-state index contributed by atoms with van der Waals surface area (Å²) >= 11 is 4.80. The van der Waals surface area contributed by atoms with Crippen LogP contribution in [0, 0.1) is 0 Å². The smallest absolute Gasteiger partial charge is 0.329 e. The topological polar surface area (TPSA) is 59.8 Å². The number of ether oxygens (including phenoxy) is 1. The molecule has 1 fully saturated rings. The molecule has 104 valence electrons. The van der Waals surface area contributed by atoms with Crippen LogP contribution >= 0.6 is 27.7 Å². The Bertz CT molecular complexity index is 476. The molecule has 1 unspecified atom stereocenters. The number of halogens is 1. The van der Waals surface area contributed by atoms with Gasteiger partial charge in [0.05, 0.1) is 6.61 Å².